The maximum atomic E-state index is 12.2. The molecule has 2 aromatic carbocycles. The molecule has 1 heterocycles. The largest absolute Gasteiger partial charge is 0.618 e. The van der Waals surface area contributed by atoms with Gasteiger partial charge in [0.25, 0.3) is 5.69 Å². The lowest BCUT2D eigenvalue weighted by Gasteiger charge is -2.08. The smallest absolute Gasteiger partial charge is 0.321 e. The number of rotatable bonds is 2. The average molecular weight is 299 g/mol. The zero-order chi connectivity index (χ0) is 14.8. The fraction of sp³-hybridized carbons (Fsp3) is 0. The molecule has 0 spiro atoms. The summed E-state index contributed by atoms with van der Waals surface area (Å²) < 4.78 is 0.639. The van der Waals surface area contributed by atoms with E-state index < -0.39 is 5.91 Å². The number of amides is 1. The first-order valence-corrected chi connectivity index (χ1v) is 6.71. The van der Waals surface area contributed by atoms with Crippen molar-refractivity contribution >= 4 is 34.1 Å². The second kappa shape index (κ2) is 5.42. The molecule has 0 aliphatic carbocycles. The predicted molar refractivity (Wildman–Crippen MR) is 82.3 cm³/mol. The molecule has 0 aliphatic heterocycles. The Labute approximate surface area is 126 Å². The highest BCUT2D eigenvalue weighted by molar-refractivity contribution is 6.30. The van der Waals surface area contributed by atoms with Gasteiger partial charge < -0.3 is 10.5 Å². The predicted octanol–water partition coefficient (Wildman–Crippen LogP) is 3.38. The Hall–Kier alpha value is -2.59. The van der Waals surface area contributed by atoms with E-state index in [2.05, 4.69) is 5.32 Å². The van der Waals surface area contributed by atoms with Gasteiger partial charge in [0, 0.05) is 28.2 Å². The molecule has 104 valence electrons. The molecule has 1 aromatic heterocycles. The topological polar surface area (TPSA) is 56.0 Å². The molecular formula is C16H11ClN2O2. The van der Waals surface area contributed by atoms with Crippen LogP contribution < -0.4 is 10.0 Å². The van der Waals surface area contributed by atoms with E-state index in [-0.39, 0.29) is 5.69 Å². The fourth-order valence-electron chi connectivity index (χ4n) is 2.08. The first kappa shape index (κ1) is 13.4. The molecule has 1 amide bonds. The molecule has 0 aliphatic rings. The van der Waals surface area contributed by atoms with Gasteiger partial charge in [-0.05, 0) is 36.4 Å². The van der Waals surface area contributed by atoms with Crippen LogP contribution in [0.2, 0.25) is 5.02 Å². The summed E-state index contributed by atoms with van der Waals surface area (Å²) in [6.45, 7) is 0. The van der Waals surface area contributed by atoms with Crippen LogP contribution in [-0.2, 0) is 0 Å². The molecule has 0 saturated heterocycles. The van der Waals surface area contributed by atoms with Gasteiger partial charge >= 0.3 is 5.91 Å². The standard InChI is InChI=1S/C16H11ClN2O2/c17-12-6-8-13(9-7-12)18-16(20)15-10-5-11-3-1-2-4-14(11)19(15)21/h1-10H,(H,18,20). The van der Waals surface area contributed by atoms with Crippen molar-refractivity contribution in [2.45, 2.75) is 0 Å². The number of benzene rings is 2. The third-order valence-corrected chi connectivity index (χ3v) is 3.38. The first-order chi connectivity index (χ1) is 10.1. The van der Waals surface area contributed by atoms with Crippen LogP contribution in [0, 0.1) is 5.21 Å². The van der Waals surface area contributed by atoms with E-state index in [0.717, 1.165) is 5.39 Å². The Balaban J connectivity index is 1.94. The van der Waals surface area contributed by atoms with Crippen molar-refractivity contribution in [3.8, 4) is 0 Å². The van der Waals surface area contributed by atoms with Gasteiger partial charge in [0.1, 0.15) is 0 Å². The van der Waals surface area contributed by atoms with Crippen LogP contribution in [0.1, 0.15) is 10.5 Å². The van der Waals surface area contributed by atoms with Crippen molar-refractivity contribution in [2.75, 3.05) is 5.32 Å². The SMILES string of the molecule is O=C(Nc1ccc(Cl)cc1)c1ccc2ccccc2[n+]1[O-]. The number of aromatic nitrogens is 1. The number of fused-ring (bicyclic) bond motifs is 1. The molecule has 0 saturated carbocycles. The van der Waals surface area contributed by atoms with Crippen LogP contribution in [0.25, 0.3) is 10.9 Å². The van der Waals surface area contributed by atoms with Crippen LogP contribution in [0.15, 0.2) is 60.7 Å². The number of pyridine rings is 1. The summed E-state index contributed by atoms with van der Waals surface area (Å²) in [6, 6.07) is 17.1. The average Bonchev–Trinajstić information content (AvgIpc) is 2.50. The van der Waals surface area contributed by atoms with Gasteiger partial charge in [-0.25, -0.2) is 0 Å². The maximum absolute atomic E-state index is 12.2. The van der Waals surface area contributed by atoms with Gasteiger partial charge in [-0.2, -0.15) is 4.73 Å². The van der Waals surface area contributed by atoms with E-state index in [0.29, 0.717) is 21.0 Å². The van der Waals surface area contributed by atoms with E-state index in [1.807, 2.05) is 12.1 Å². The number of carbonyl (C=O) groups excluding carboxylic acids is 1. The second-order valence-electron chi connectivity index (χ2n) is 4.53. The molecule has 4 nitrogen and oxygen atoms in total. The van der Waals surface area contributed by atoms with E-state index in [1.165, 1.54) is 6.07 Å². The highest BCUT2D eigenvalue weighted by Crippen LogP contribution is 2.15. The van der Waals surface area contributed by atoms with E-state index >= 15 is 0 Å². The summed E-state index contributed by atoms with van der Waals surface area (Å²) in [4.78, 5) is 12.2. The van der Waals surface area contributed by atoms with Gasteiger partial charge in [0.05, 0.1) is 0 Å². The quantitative estimate of drug-likeness (QED) is 0.582. The van der Waals surface area contributed by atoms with Crippen LogP contribution >= 0.6 is 11.6 Å². The molecule has 3 aromatic rings. The Morgan fingerprint density at radius 3 is 2.48 bits per heavy atom. The summed E-state index contributed by atoms with van der Waals surface area (Å²) in [5.41, 5.74) is 1.09. The first-order valence-electron chi connectivity index (χ1n) is 6.33. The van der Waals surface area contributed by atoms with Gasteiger partial charge in [-0.3, -0.25) is 4.79 Å². The minimum Gasteiger partial charge on any atom is -0.618 e. The minimum absolute atomic E-state index is 0.0450. The molecule has 5 heteroatoms. The number of para-hydroxylation sites is 1. The lowest BCUT2D eigenvalue weighted by atomic mass is 10.2. The van der Waals surface area contributed by atoms with Gasteiger partial charge in [-0.1, -0.05) is 23.7 Å². The van der Waals surface area contributed by atoms with Gasteiger partial charge in [-0.15, -0.1) is 0 Å². The van der Waals surface area contributed by atoms with Crippen molar-refractivity contribution in [3.05, 3.63) is 76.6 Å². The summed E-state index contributed by atoms with van der Waals surface area (Å²) >= 11 is 5.79. The Morgan fingerprint density at radius 2 is 1.71 bits per heavy atom. The van der Waals surface area contributed by atoms with Gasteiger partial charge in [0.2, 0.25) is 5.52 Å². The number of halogens is 1. The Bertz CT molecular complexity index is 816. The summed E-state index contributed by atoms with van der Waals surface area (Å²) in [6.07, 6.45) is 0. The molecule has 0 atom stereocenters. The molecule has 0 fully saturated rings. The van der Waals surface area contributed by atoms with Crippen LogP contribution in [-0.4, -0.2) is 5.91 Å². The number of hydrogen-bond donors (Lipinski definition) is 1. The number of nitrogens with one attached hydrogen (secondary N) is 1. The zero-order valence-electron chi connectivity index (χ0n) is 10.9. The van der Waals surface area contributed by atoms with E-state index in [4.69, 9.17) is 11.6 Å². The summed E-state index contributed by atoms with van der Waals surface area (Å²) in [5, 5.41) is 16.3. The van der Waals surface area contributed by atoms with Crippen molar-refractivity contribution in [3.63, 3.8) is 0 Å². The lowest BCUT2D eigenvalue weighted by Crippen LogP contribution is -2.37. The molecule has 21 heavy (non-hydrogen) atoms. The summed E-state index contributed by atoms with van der Waals surface area (Å²) in [5.74, 6) is -0.460. The molecular weight excluding hydrogens is 288 g/mol. The van der Waals surface area contributed by atoms with E-state index in [9.17, 15) is 10.0 Å². The Kier molecular flexibility index (Phi) is 3.46. The highest BCUT2D eigenvalue weighted by Gasteiger charge is 2.18. The third kappa shape index (κ3) is 2.66. The zero-order valence-corrected chi connectivity index (χ0v) is 11.7. The monoisotopic (exact) mass is 298 g/mol. The van der Waals surface area contributed by atoms with Crippen LogP contribution in [0.4, 0.5) is 5.69 Å². The molecule has 0 unspecified atom stereocenters. The van der Waals surface area contributed by atoms with Gasteiger partial charge in [0.15, 0.2) is 0 Å². The maximum Gasteiger partial charge on any atom is 0.321 e. The molecule has 0 radical (unpaired) electrons. The lowest BCUT2D eigenvalue weighted by molar-refractivity contribution is -0.579. The summed E-state index contributed by atoms with van der Waals surface area (Å²) in [7, 11) is 0. The Morgan fingerprint density at radius 1 is 1.00 bits per heavy atom. The van der Waals surface area contributed by atoms with Crippen LogP contribution in [0.3, 0.4) is 0 Å². The van der Waals surface area contributed by atoms with Crippen molar-refractivity contribution in [1.29, 1.82) is 0 Å². The number of anilines is 1. The number of carbonyl (C=O) groups is 1. The normalized spacial score (nSPS) is 10.5. The second-order valence-corrected chi connectivity index (χ2v) is 4.97. The molecule has 1 N–H and O–H groups in total. The molecule has 0 bridgehead atoms. The van der Waals surface area contributed by atoms with Crippen LogP contribution in [0.5, 0.6) is 0 Å². The van der Waals surface area contributed by atoms with E-state index in [1.54, 1.807) is 42.5 Å². The highest BCUT2D eigenvalue weighted by atomic mass is 35.5. The number of hydrogen-bond acceptors (Lipinski definition) is 2. The fourth-order valence-corrected chi connectivity index (χ4v) is 2.20. The third-order valence-electron chi connectivity index (χ3n) is 3.13. The number of nitrogens with zero attached hydrogens (tertiary/aromatic N) is 1. The van der Waals surface area contributed by atoms with Crippen molar-refractivity contribution in [1.82, 2.24) is 0 Å². The van der Waals surface area contributed by atoms with Crippen molar-refractivity contribution in [2.24, 2.45) is 0 Å². The molecule has 3 rings (SSSR count). The minimum atomic E-state index is -0.460. The van der Waals surface area contributed by atoms with Crippen molar-refractivity contribution < 1.29 is 9.52 Å².